The third-order valence-corrected chi connectivity index (χ3v) is 2.99. The summed E-state index contributed by atoms with van der Waals surface area (Å²) in [4.78, 5) is 35.2. The topological polar surface area (TPSA) is 66.5 Å². The molecule has 1 heterocycles. The van der Waals surface area contributed by atoms with E-state index in [0.717, 1.165) is 25.7 Å². The molecule has 0 spiro atoms. The summed E-state index contributed by atoms with van der Waals surface area (Å²) < 4.78 is 0. The van der Waals surface area contributed by atoms with Gasteiger partial charge in [-0.15, -0.1) is 0 Å². The fraction of sp³-hybridized carbons (Fsp3) is 0.700. The number of barbiturate groups is 1. The van der Waals surface area contributed by atoms with E-state index in [9.17, 15) is 14.4 Å². The fourth-order valence-corrected chi connectivity index (χ4v) is 2.27. The van der Waals surface area contributed by atoms with Gasteiger partial charge in [-0.25, -0.2) is 4.79 Å². The summed E-state index contributed by atoms with van der Waals surface area (Å²) in [6.07, 6.45) is 4.81. The molecule has 0 bridgehead atoms. The van der Waals surface area contributed by atoms with E-state index in [1.165, 1.54) is 11.3 Å². The van der Waals surface area contributed by atoms with Crippen molar-refractivity contribution in [3.05, 3.63) is 0 Å². The largest absolute Gasteiger partial charge is 0.331 e. The van der Waals surface area contributed by atoms with Gasteiger partial charge in [0.05, 0.1) is 0 Å². The zero-order chi connectivity index (χ0) is 10.8. The lowest BCUT2D eigenvalue weighted by atomic mass is 9.94. The van der Waals surface area contributed by atoms with Gasteiger partial charge >= 0.3 is 6.03 Å². The molecule has 15 heavy (non-hydrogen) atoms. The Kier molecular flexibility index (Phi) is 2.70. The van der Waals surface area contributed by atoms with Crippen LogP contribution < -0.4 is 5.32 Å². The maximum absolute atomic E-state index is 11.6. The van der Waals surface area contributed by atoms with Gasteiger partial charge in [0.1, 0.15) is 6.42 Å². The Morgan fingerprint density at radius 1 is 1.07 bits per heavy atom. The van der Waals surface area contributed by atoms with Crippen LogP contribution in [0.4, 0.5) is 4.79 Å². The smallest absolute Gasteiger partial charge is 0.277 e. The summed E-state index contributed by atoms with van der Waals surface area (Å²) in [5.74, 6) is -0.840. The summed E-state index contributed by atoms with van der Waals surface area (Å²) in [6.45, 7) is 0. The van der Waals surface area contributed by atoms with Crippen molar-refractivity contribution >= 4 is 17.8 Å². The number of carbonyl (C=O) groups excluding carboxylic acids is 3. The number of hydrogen-bond acceptors (Lipinski definition) is 3. The molecule has 2 rings (SSSR count). The molecule has 82 valence electrons. The summed E-state index contributed by atoms with van der Waals surface area (Å²) in [5.41, 5.74) is 0. The van der Waals surface area contributed by atoms with Crippen LogP contribution in [0, 0.1) is 0 Å². The van der Waals surface area contributed by atoms with E-state index in [4.69, 9.17) is 0 Å². The third-order valence-electron chi connectivity index (χ3n) is 2.99. The first kappa shape index (κ1) is 10.1. The van der Waals surface area contributed by atoms with Gasteiger partial charge in [-0.1, -0.05) is 19.3 Å². The van der Waals surface area contributed by atoms with E-state index in [2.05, 4.69) is 5.32 Å². The van der Waals surface area contributed by atoms with Crippen molar-refractivity contribution in [3.63, 3.8) is 0 Å². The number of carbonyl (C=O) groups is 3. The Morgan fingerprint density at radius 3 is 2.33 bits per heavy atom. The lowest BCUT2D eigenvalue weighted by molar-refractivity contribution is -0.138. The monoisotopic (exact) mass is 210 g/mol. The second-order valence-electron chi connectivity index (χ2n) is 4.09. The molecule has 2 aliphatic rings. The summed E-state index contributed by atoms with van der Waals surface area (Å²) in [5, 5.41) is 2.18. The van der Waals surface area contributed by atoms with Crippen LogP contribution in [0.15, 0.2) is 0 Å². The summed E-state index contributed by atoms with van der Waals surface area (Å²) >= 11 is 0. The standard InChI is InChI=1S/C10H14N2O3/c13-8-6-9(14)12(10(15)11-8)7-4-2-1-3-5-7/h7H,1-6H2,(H,11,13,15). The van der Waals surface area contributed by atoms with Gasteiger partial charge in [-0.05, 0) is 12.8 Å². The number of hydrogen-bond donors (Lipinski definition) is 1. The number of rotatable bonds is 1. The Labute approximate surface area is 87.8 Å². The van der Waals surface area contributed by atoms with Crippen LogP contribution in [-0.4, -0.2) is 28.8 Å². The van der Waals surface area contributed by atoms with Crippen molar-refractivity contribution in [2.24, 2.45) is 0 Å². The Balaban J connectivity index is 2.09. The van der Waals surface area contributed by atoms with Crippen molar-refractivity contribution in [3.8, 4) is 0 Å². The molecule has 0 aromatic carbocycles. The molecule has 1 saturated heterocycles. The lowest BCUT2D eigenvalue weighted by Gasteiger charge is -2.34. The number of nitrogens with zero attached hydrogens (tertiary/aromatic N) is 1. The number of amides is 4. The average Bonchev–Trinajstić information content (AvgIpc) is 2.17. The van der Waals surface area contributed by atoms with Crippen molar-refractivity contribution in [1.82, 2.24) is 10.2 Å². The third kappa shape index (κ3) is 2.00. The normalized spacial score (nSPS) is 24.3. The average molecular weight is 210 g/mol. The SMILES string of the molecule is O=C1CC(=O)N(C2CCCCC2)C(=O)N1. The predicted octanol–water partition coefficient (Wildman–Crippen LogP) is 0.788. The first-order valence-corrected chi connectivity index (χ1v) is 5.34. The number of imide groups is 2. The van der Waals surface area contributed by atoms with Gasteiger partial charge in [-0.3, -0.25) is 19.8 Å². The molecule has 5 nitrogen and oxygen atoms in total. The Bertz CT molecular complexity index is 288. The number of nitrogens with one attached hydrogen (secondary N) is 1. The zero-order valence-corrected chi connectivity index (χ0v) is 8.49. The van der Waals surface area contributed by atoms with Gasteiger partial charge in [0.15, 0.2) is 0 Å². The van der Waals surface area contributed by atoms with Crippen LogP contribution in [-0.2, 0) is 9.59 Å². The molecule has 0 atom stereocenters. The van der Waals surface area contributed by atoms with Gasteiger partial charge in [0.25, 0.3) is 0 Å². The van der Waals surface area contributed by atoms with Crippen LogP contribution in [0.25, 0.3) is 0 Å². The van der Waals surface area contributed by atoms with Gasteiger partial charge < -0.3 is 0 Å². The van der Waals surface area contributed by atoms with Gasteiger partial charge in [0, 0.05) is 6.04 Å². The van der Waals surface area contributed by atoms with Crippen LogP contribution in [0.2, 0.25) is 0 Å². The molecule has 1 aliphatic carbocycles. The van der Waals surface area contributed by atoms with Crippen molar-refractivity contribution < 1.29 is 14.4 Å². The summed E-state index contributed by atoms with van der Waals surface area (Å²) in [6, 6.07) is -0.539. The minimum atomic E-state index is -0.539. The van der Waals surface area contributed by atoms with E-state index < -0.39 is 11.9 Å². The molecule has 1 saturated carbocycles. The molecule has 4 amide bonds. The maximum Gasteiger partial charge on any atom is 0.331 e. The summed E-state index contributed by atoms with van der Waals surface area (Å²) in [7, 11) is 0. The molecule has 2 fully saturated rings. The minimum Gasteiger partial charge on any atom is -0.277 e. The number of urea groups is 1. The Hall–Kier alpha value is -1.39. The molecular formula is C10H14N2O3. The van der Waals surface area contributed by atoms with E-state index in [0.29, 0.717) is 0 Å². The zero-order valence-electron chi connectivity index (χ0n) is 8.49. The van der Waals surface area contributed by atoms with Gasteiger partial charge in [0.2, 0.25) is 11.8 Å². The highest BCUT2D eigenvalue weighted by Gasteiger charge is 2.36. The molecule has 0 radical (unpaired) electrons. The second-order valence-corrected chi connectivity index (χ2v) is 4.09. The first-order valence-electron chi connectivity index (χ1n) is 5.34. The second kappa shape index (κ2) is 4.00. The van der Waals surface area contributed by atoms with Crippen LogP contribution in [0.3, 0.4) is 0 Å². The maximum atomic E-state index is 11.6. The highest BCUT2D eigenvalue weighted by Crippen LogP contribution is 2.24. The van der Waals surface area contributed by atoms with E-state index >= 15 is 0 Å². The molecule has 1 aliphatic heterocycles. The van der Waals surface area contributed by atoms with Crippen LogP contribution >= 0.6 is 0 Å². The van der Waals surface area contributed by atoms with Crippen molar-refractivity contribution in [1.29, 1.82) is 0 Å². The van der Waals surface area contributed by atoms with Crippen molar-refractivity contribution in [2.75, 3.05) is 0 Å². The quantitative estimate of drug-likeness (QED) is 0.650. The van der Waals surface area contributed by atoms with Crippen LogP contribution in [0.5, 0.6) is 0 Å². The molecular weight excluding hydrogens is 196 g/mol. The highest BCUT2D eigenvalue weighted by atomic mass is 16.2. The van der Waals surface area contributed by atoms with Crippen molar-refractivity contribution in [2.45, 2.75) is 44.6 Å². The molecule has 5 heteroatoms. The molecule has 0 unspecified atom stereocenters. The van der Waals surface area contributed by atoms with E-state index in [1.807, 2.05) is 0 Å². The highest BCUT2D eigenvalue weighted by molar-refractivity contribution is 6.14. The van der Waals surface area contributed by atoms with Crippen LogP contribution in [0.1, 0.15) is 38.5 Å². The Morgan fingerprint density at radius 2 is 1.73 bits per heavy atom. The molecule has 0 aromatic heterocycles. The predicted molar refractivity (Wildman–Crippen MR) is 51.9 cm³/mol. The lowest BCUT2D eigenvalue weighted by Crippen LogP contribution is -2.56. The fourth-order valence-electron chi connectivity index (χ4n) is 2.27. The molecule has 1 N–H and O–H groups in total. The minimum absolute atomic E-state index is 0.000602. The first-order chi connectivity index (χ1) is 7.18. The molecule has 0 aromatic rings. The van der Waals surface area contributed by atoms with E-state index in [-0.39, 0.29) is 18.4 Å². The van der Waals surface area contributed by atoms with E-state index in [1.54, 1.807) is 0 Å². The van der Waals surface area contributed by atoms with Gasteiger partial charge in [-0.2, -0.15) is 0 Å².